The highest BCUT2D eigenvalue weighted by molar-refractivity contribution is 6.42. The Bertz CT molecular complexity index is 987. The highest BCUT2D eigenvalue weighted by Gasteiger charge is 2.35. The fourth-order valence-corrected chi connectivity index (χ4v) is 3.44. The number of halogens is 3. The topological polar surface area (TPSA) is 69.6 Å². The number of amides is 2. The molecule has 1 aliphatic heterocycles. The monoisotopic (exact) mass is 436 g/mol. The van der Waals surface area contributed by atoms with Crippen molar-refractivity contribution in [1.82, 2.24) is 5.32 Å². The Morgan fingerprint density at radius 2 is 1.97 bits per heavy atom. The van der Waals surface area contributed by atoms with Crippen LogP contribution in [0.3, 0.4) is 0 Å². The summed E-state index contributed by atoms with van der Waals surface area (Å²) in [7, 11) is 0. The molecule has 0 unspecified atom stereocenters. The molecule has 152 valence electrons. The van der Waals surface area contributed by atoms with Crippen LogP contribution in [0.1, 0.15) is 17.5 Å². The molecule has 0 bridgehead atoms. The van der Waals surface area contributed by atoms with Gasteiger partial charge in [0.1, 0.15) is 5.82 Å². The summed E-state index contributed by atoms with van der Waals surface area (Å²) in [6.45, 7) is 1.93. The molecular weight excluding hydrogens is 418 g/mol. The maximum atomic E-state index is 13.6. The van der Waals surface area contributed by atoms with Gasteiger partial charge in [0.25, 0.3) is 11.8 Å². The number of carbonyl (C=O) groups is 2. The lowest BCUT2D eigenvalue weighted by molar-refractivity contribution is -0.119. The van der Waals surface area contributed by atoms with Crippen molar-refractivity contribution in [2.75, 3.05) is 18.0 Å². The van der Waals surface area contributed by atoms with E-state index in [1.54, 1.807) is 25.1 Å². The zero-order valence-electron chi connectivity index (χ0n) is 15.6. The largest absolute Gasteiger partial charge is 0.503 e. The summed E-state index contributed by atoms with van der Waals surface area (Å²) in [4.78, 5) is 25.9. The van der Waals surface area contributed by atoms with Gasteiger partial charge in [0, 0.05) is 12.2 Å². The molecule has 2 amide bonds. The van der Waals surface area contributed by atoms with Crippen molar-refractivity contribution < 1.29 is 19.1 Å². The summed E-state index contributed by atoms with van der Waals surface area (Å²) in [5, 5.41) is 13.7. The number of nitrogens with one attached hydrogen (secondary N) is 1. The van der Waals surface area contributed by atoms with Gasteiger partial charge in [-0.05, 0) is 61.2 Å². The Balaban J connectivity index is 1.57. The zero-order valence-corrected chi connectivity index (χ0v) is 17.1. The molecule has 0 aromatic heterocycles. The number of nitrogens with zero attached hydrogens (tertiary/aromatic N) is 1. The van der Waals surface area contributed by atoms with Crippen molar-refractivity contribution in [3.63, 3.8) is 0 Å². The maximum absolute atomic E-state index is 13.6. The Morgan fingerprint density at radius 1 is 1.21 bits per heavy atom. The second-order valence-corrected chi connectivity index (χ2v) is 7.63. The highest BCUT2D eigenvalue weighted by Crippen LogP contribution is 2.26. The molecule has 0 fully saturated rings. The molecular formula is C21H19Cl2FN2O3. The van der Waals surface area contributed by atoms with E-state index in [0.29, 0.717) is 40.7 Å². The van der Waals surface area contributed by atoms with Crippen LogP contribution in [0.25, 0.3) is 0 Å². The summed E-state index contributed by atoms with van der Waals surface area (Å²) < 4.78 is 13.6. The standard InChI is InChI=1S/C21H19Cl2FN2O3/c1-12-7-14(24)10-15(8-12)26-11-16(19(27)21(26)29)20(28)25-6-2-3-13-4-5-17(22)18(23)9-13/h4-5,7-10,27H,2-3,6,11H2,1H3,(H,25,28). The van der Waals surface area contributed by atoms with Crippen LogP contribution >= 0.6 is 23.2 Å². The molecule has 0 saturated carbocycles. The number of benzene rings is 2. The molecule has 8 heteroatoms. The van der Waals surface area contributed by atoms with Gasteiger partial charge in [-0.15, -0.1) is 0 Å². The molecule has 2 N–H and O–H groups in total. The normalized spacial score (nSPS) is 13.9. The molecule has 1 heterocycles. The van der Waals surface area contributed by atoms with Crippen LogP contribution in [0.2, 0.25) is 10.0 Å². The van der Waals surface area contributed by atoms with E-state index >= 15 is 0 Å². The Kier molecular flexibility index (Phi) is 6.45. The van der Waals surface area contributed by atoms with E-state index in [1.165, 1.54) is 17.0 Å². The highest BCUT2D eigenvalue weighted by atomic mass is 35.5. The number of hydrogen-bond acceptors (Lipinski definition) is 3. The second kappa shape index (κ2) is 8.84. The van der Waals surface area contributed by atoms with Crippen LogP contribution in [-0.4, -0.2) is 30.0 Å². The smallest absolute Gasteiger partial charge is 0.293 e. The number of aliphatic hydroxyl groups is 1. The average molecular weight is 437 g/mol. The van der Waals surface area contributed by atoms with Crippen molar-refractivity contribution in [1.29, 1.82) is 0 Å². The van der Waals surface area contributed by atoms with Gasteiger partial charge in [0.05, 0.1) is 22.2 Å². The van der Waals surface area contributed by atoms with Gasteiger partial charge in [-0.1, -0.05) is 29.3 Å². The van der Waals surface area contributed by atoms with Gasteiger partial charge in [0.2, 0.25) is 0 Å². The Labute approximate surface area is 177 Å². The molecule has 0 spiro atoms. The van der Waals surface area contributed by atoms with E-state index in [9.17, 15) is 19.1 Å². The number of anilines is 1. The predicted molar refractivity (Wildman–Crippen MR) is 111 cm³/mol. The van der Waals surface area contributed by atoms with E-state index in [-0.39, 0.29) is 12.1 Å². The molecule has 5 nitrogen and oxygen atoms in total. The first-order valence-electron chi connectivity index (χ1n) is 8.99. The van der Waals surface area contributed by atoms with Crippen molar-refractivity contribution in [3.05, 3.63) is 74.7 Å². The first-order valence-corrected chi connectivity index (χ1v) is 9.75. The summed E-state index contributed by atoms with van der Waals surface area (Å²) in [5.41, 5.74) is 1.87. The van der Waals surface area contributed by atoms with Gasteiger partial charge >= 0.3 is 0 Å². The molecule has 2 aromatic rings. The summed E-state index contributed by atoms with van der Waals surface area (Å²) in [5.74, 6) is -2.36. The van der Waals surface area contributed by atoms with Gasteiger partial charge in [-0.3, -0.25) is 9.59 Å². The van der Waals surface area contributed by atoms with Crippen molar-refractivity contribution in [2.24, 2.45) is 0 Å². The quantitative estimate of drug-likeness (QED) is 0.661. The maximum Gasteiger partial charge on any atom is 0.293 e. The summed E-state index contributed by atoms with van der Waals surface area (Å²) in [6, 6.07) is 9.49. The van der Waals surface area contributed by atoms with E-state index in [0.717, 1.165) is 5.56 Å². The molecule has 3 rings (SSSR count). The van der Waals surface area contributed by atoms with Crippen LogP contribution in [0.4, 0.5) is 10.1 Å². The Morgan fingerprint density at radius 3 is 2.66 bits per heavy atom. The summed E-state index contributed by atoms with van der Waals surface area (Å²) >= 11 is 11.9. The first-order chi connectivity index (χ1) is 13.8. The van der Waals surface area contributed by atoms with Crippen LogP contribution < -0.4 is 10.2 Å². The first kappa shape index (κ1) is 21.1. The van der Waals surface area contributed by atoms with Crippen LogP contribution in [0.5, 0.6) is 0 Å². The summed E-state index contributed by atoms with van der Waals surface area (Å²) in [6.07, 6.45) is 1.31. The fourth-order valence-electron chi connectivity index (χ4n) is 3.12. The predicted octanol–water partition coefficient (Wildman–Crippen LogP) is 4.35. The third-order valence-corrected chi connectivity index (χ3v) is 5.31. The van der Waals surface area contributed by atoms with Crippen molar-refractivity contribution in [2.45, 2.75) is 19.8 Å². The number of hydrogen-bond donors (Lipinski definition) is 2. The molecule has 1 aliphatic rings. The molecule has 0 atom stereocenters. The number of aryl methyl sites for hydroxylation is 2. The molecule has 29 heavy (non-hydrogen) atoms. The van der Waals surface area contributed by atoms with Gasteiger partial charge in [0.15, 0.2) is 5.76 Å². The van der Waals surface area contributed by atoms with E-state index < -0.39 is 23.4 Å². The van der Waals surface area contributed by atoms with Gasteiger partial charge < -0.3 is 15.3 Å². The number of rotatable bonds is 6. The minimum Gasteiger partial charge on any atom is -0.503 e. The molecule has 2 aromatic carbocycles. The molecule has 0 aliphatic carbocycles. The second-order valence-electron chi connectivity index (χ2n) is 6.81. The van der Waals surface area contributed by atoms with Crippen LogP contribution in [0, 0.1) is 12.7 Å². The van der Waals surface area contributed by atoms with Crippen LogP contribution in [0.15, 0.2) is 47.7 Å². The minimum absolute atomic E-state index is 0.0357. The van der Waals surface area contributed by atoms with Crippen molar-refractivity contribution >= 4 is 40.7 Å². The Hall–Kier alpha value is -2.57. The number of aliphatic hydroxyl groups excluding tert-OH is 1. The fraction of sp³-hybridized carbons (Fsp3) is 0.238. The van der Waals surface area contributed by atoms with Gasteiger partial charge in [-0.2, -0.15) is 0 Å². The van der Waals surface area contributed by atoms with E-state index in [1.807, 2.05) is 6.07 Å². The van der Waals surface area contributed by atoms with Crippen molar-refractivity contribution in [3.8, 4) is 0 Å². The van der Waals surface area contributed by atoms with E-state index in [4.69, 9.17) is 23.2 Å². The molecule has 0 saturated heterocycles. The third-order valence-electron chi connectivity index (χ3n) is 4.57. The van der Waals surface area contributed by atoms with Crippen LogP contribution in [-0.2, 0) is 16.0 Å². The average Bonchev–Trinajstić information content (AvgIpc) is 2.96. The number of carbonyl (C=O) groups excluding carboxylic acids is 2. The third kappa shape index (κ3) is 4.89. The molecule has 0 radical (unpaired) electrons. The zero-order chi connectivity index (χ0) is 21.1. The lowest BCUT2D eigenvalue weighted by Crippen LogP contribution is -2.30. The minimum atomic E-state index is -0.726. The van der Waals surface area contributed by atoms with E-state index in [2.05, 4.69) is 5.32 Å². The lowest BCUT2D eigenvalue weighted by atomic mass is 10.1. The lowest BCUT2D eigenvalue weighted by Gasteiger charge is -2.17. The van der Waals surface area contributed by atoms with Gasteiger partial charge in [-0.25, -0.2) is 4.39 Å². The SMILES string of the molecule is Cc1cc(F)cc(N2CC(C(=O)NCCCc3ccc(Cl)c(Cl)c3)=C(O)C2=O)c1.